The van der Waals surface area contributed by atoms with Gasteiger partial charge in [-0.1, -0.05) is 22.0 Å². The van der Waals surface area contributed by atoms with Crippen LogP contribution < -0.4 is 5.32 Å². The predicted molar refractivity (Wildman–Crippen MR) is 80.3 cm³/mol. The predicted octanol–water partition coefficient (Wildman–Crippen LogP) is 4.42. The van der Waals surface area contributed by atoms with Crippen LogP contribution in [0.15, 0.2) is 57.9 Å². The molecule has 4 heteroatoms. The van der Waals surface area contributed by atoms with Gasteiger partial charge < -0.3 is 5.32 Å². The van der Waals surface area contributed by atoms with Gasteiger partial charge in [-0.25, -0.2) is 0 Å². The van der Waals surface area contributed by atoms with Crippen LogP contribution in [-0.2, 0) is 0 Å². The zero-order valence-electron chi connectivity index (χ0n) is 9.81. The second-order valence-corrected chi connectivity index (χ2v) is 5.49. The number of nitrogens with one attached hydrogen (secondary N) is 1. The van der Waals surface area contributed by atoms with Crippen LogP contribution in [0, 0.1) is 0 Å². The van der Waals surface area contributed by atoms with Gasteiger partial charge in [0, 0.05) is 20.6 Å². The van der Waals surface area contributed by atoms with Crippen molar-refractivity contribution < 1.29 is 4.79 Å². The lowest BCUT2D eigenvalue weighted by Gasteiger charge is -2.06. The fourth-order valence-corrected chi connectivity index (χ4v) is 2.32. The van der Waals surface area contributed by atoms with Crippen LogP contribution in [-0.4, -0.2) is 12.2 Å². The first-order valence-electron chi connectivity index (χ1n) is 5.40. The van der Waals surface area contributed by atoms with Crippen molar-refractivity contribution in [1.82, 2.24) is 0 Å². The van der Waals surface area contributed by atoms with E-state index in [-0.39, 0.29) is 5.91 Å². The summed E-state index contributed by atoms with van der Waals surface area (Å²) in [7, 11) is 0. The number of carbonyl (C=O) groups excluding carboxylic acids is 1. The number of halogens is 1. The highest BCUT2D eigenvalue weighted by Crippen LogP contribution is 2.18. The lowest BCUT2D eigenvalue weighted by Crippen LogP contribution is -2.11. The summed E-state index contributed by atoms with van der Waals surface area (Å²) >= 11 is 5.03. The summed E-state index contributed by atoms with van der Waals surface area (Å²) in [4.78, 5) is 13.1. The zero-order chi connectivity index (χ0) is 13.0. The number of benzene rings is 2. The fraction of sp³-hybridized carbons (Fsp3) is 0.0714. The van der Waals surface area contributed by atoms with Gasteiger partial charge in [0.15, 0.2) is 0 Å². The molecule has 2 rings (SSSR count). The summed E-state index contributed by atoms with van der Waals surface area (Å²) in [6.07, 6.45) is 2.01. The molecule has 92 valence electrons. The van der Waals surface area contributed by atoms with E-state index in [2.05, 4.69) is 21.2 Å². The van der Waals surface area contributed by atoms with Crippen molar-refractivity contribution in [1.29, 1.82) is 0 Å². The van der Waals surface area contributed by atoms with Crippen molar-refractivity contribution in [2.75, 3.05) is 11.6 Å². The molecule has 2 nitrogen and oxygen atoms in total. The number of amides is 1. The summed E-state index contributed by atoms with van der Waals surface area (Å²) < 4.78 is 0.943. The van der Waals surface area contributed by atoms with Gasteiger partial charge in [0.2, 0.25) is 0 Å². The third kappa shape index (κ3) is 3.37. The Kier molecular flexibility index (Phi) is 4.44. The van der Waals surface area contributed by atoms with Crippen LogP contribution in [0.2, 0.25) is 0 Å². The molecule has 18 heavy (non-hydrogen) atoms. The van der Waals surface area contributed by atoms with E-state index in [1.807, 2.05) is 54.8 Å². The van der Waals surface area contributed by atoms with E-state index < -0.39 is 0 Å². The van der Waals surface area contributed by atoms with E-state index >= 15 is 0 Å². The SMILES string of the molecule is CSc1ccc(C(=O)Nc2cccc(Br)c2)cc1. The Balaban J connectivity index is 2.11. The Morgan fingerprint density at radius 1 is 1.17 bits per heavy atom. The maximum atomic E-state index is 12.0. The first kappa shape index (κ1) is 13.2. The quantitative estimate of drug-likeness (QED) is 0.848. The standard InChI is InChI=1S/C14H12BrNOS/c1-18-13-7-5-10(6-8-13)14(17)16-12-4-2-3-11(15)9-12/h2-9H,1H3,(H,16,17). The van der Waals surface area contributed by atoms with E-state index in [1.165, 1.54) is 0 Å². The number of rotatable bonds is 3. The Morgan fingerprint density at radius 3 is 2.50 bits per heavy atom. The molecule has 1 amide bonds. The van der Waals surface area contributed by atoms with E-state index in [4.69, 9.17) is 0 Å². The molecule has 0 aliphatic carbocycles. The van der Waals surface area contributed by atoms with Crippen LogP contribution in [0.3, 0.4) is 0 Å². The highest BCUT2D eigenvalue weighted by molar-refractivity contribution is 9.10. The van der Waals surface area contributed by atoms with Gasteiger partial charge in [0.25, 0.3) is 5.91 Å². The van der Waals surface area contributed by atoms with Gasteiger partial charge in [-0.05, 0) is 48.7 Å². The second-order valence-electron chi connectivity index (χ2n) is 3.69. The fourth-order valence-electron chi connectivity index (χ4n) is 1.51. The van der Waals surface area contributed by atoms with Crippen molar-refractivity contribution >= 4 is 39.3 Å². The molecule has 0 atom stereocenters. The third-order valence-corrected chi connectivity index (χ3v) is 3.67. The maximum absolute atomic E-state index is 12.0. The summed E-state index contributed by atoms with van der Waals surface area (Å²) in [5, 5.41) is 2.86. The minimum absolute atomic E-state index is 0.0965. The largest absolute Gasteiger partial charge is 0.322 e. The molecule has 0 aliphatic rings. The zero-order valence-corrected chi connectivity index (χ0v) is 12.2. The Labute approximate surface area is 119 Å². The van der Waals surface area contributed by atoms with Crippen molar-refractivity contribution in [3.05, 3.63) is 58.6 Å². The van der Waals surface area contributed by atoms with Crippen LogP contribution in [0.1, 0.15) is 10.4 Å². The minimum Gasteiger partial charge on any atom is -0.322 e. The lowest BCUT2D eigenvalue weighted by atomic mass is 10.2. The van der Waals surface area contributed by atoms with Gasteiger partial charge >= 0.3 is 0 Å². The first-order chi connectivity index (χ1) is 8.69. The van der Waals surface area contributed by atoms with Crippen LogP contribution in [0.4, 0.5) is 5.69 Å². The van der Waals surface area contributed by atoms with E-state index in [1.54, 1.807) is 11.8 Å². The molecule has 0 radical (unpaired) electrons. The van der Waals surface area contributed by atoms with Gasteiger partial charge in [-0.2, -0.15) is 0 Å². The lowest BCUT2D eigenvalue weighted by molar-refractivity contribution is 0.102. The molecule has 0 heterocycles. The molecule has 0 unspecified atom stereocenters. The molecule has 0 spiro atoms. The molecule has 0 saturated carbocycles. The van der Waals surface area contributed by atoms with Crippen molar-refractivity contribution in [2.45, 2.75) is 4.90 Å². The van der Waals surface area contributed by atoms with Crippen LogP contribution in [0.5, 0.6) is 0 Å². The number of carbonyl (C=O) groups is 1. The first-order valence-corrected chi connectivity index (χ1v) is 7.42. The van der Waals surface area contributed by atoms with Crippen molar-refractivity contribution in [2.24, 2.45) is 0 Å². The topological polar surface area (TPSA) is 29.1 Å². The van der Waals surface area contributed by atoms with Crippen LogP contribution in [0.25, 0.3) is 0 Å². The average molecular weight is 322 g/mol. The Bertz CT molecular complexity index is 554. The van der Waals surface area contributed by atoms with Crippen molar-refractivity contribution in [3.63, 3.8) is 0 Å². The average Bonchev–Trinajstić information content (AvgIpc) is 2.39. The number of hydrogen-bond donors (Lipinski definition) is 1. The molecule has 0 bridgehead atoms. The maximum Gasteiger partial charge on any atom is 0.255 e. The molecular formula is C14H12BrNOS. The van der Waals surface area contributed by atoms with Gasteiger partial charge in [-0.3, -0.25) is 4.79 Å². The monoisotopic (exact) mass is 321 g/mol. The molecule has 1 N–H and O–H groups in total. The van der Waals surface area contributed by atoms with Gasteiger partial charge in [-0.15, -0.1) is 11.8 Å². The highest BCUT2D eigenvalue weighted by atomic mass is 79.9. The molecule has 0 fully saturated rings. The van der Waals surface area contributed by atoms with E-state index in [0.717, 1.165) is 15.1 Å². The second kappa shape index (κ2) is 6.07. The van der Waals surface area contributed by atoms with E-state index in [9.17, 15) is 4.79 Å². The number of hydrogen-bond acceptors (Lipinski definition) is 2. The Morgan fingerprint density at radius 2 is 1.89 bits per heavy atom. The molecule has 0 saturated heterocycles. The summed E-state index contributed by atoms with van der Waals surface area (Å²) in [5.74, 6) is -0.0965. The normalized spacial score (nSPS) is 10.1. The summed E-state index contributed by atoms with van der Waals surface area (Å²) in [6.45, 7) is 0. The molecule has 2 aromatic rings. The van der Waals surface area contributed by atoms with Gasteiger partial charge in [0.05, 0.1) is 0 Å². The van der Waals surface area contributed by atoms with Crippen LogP contribution >= 0.6 is 27.7 Å². The van der Waals surface area contributed by atoms with E-state index in [0.29, 0.717) is 5.56 Å². The highest BCUT2D eigenvalue weighted by Gasteiger charge is 2.05. The number of anilines is 1. The molecule has 0 aromatic heterocycles. The molecule has 2 aromatic carbocycles. The third-order valence-electron chi connectivity index (χ3n) is 2.43. The summed E-state index contributed by atoms with van der Waals surface area (Å²) in [6, 6.07) is 15.1. The number of thioether (sulfide) groups is 1. The smallest absolute Gasteiger partial charge is 0.255 e. The Hall–Kier alpha value is -1.26. The molecular weight excluding hydrogens is 310 g/mol. The van der Waals surface area contributed by atoms with Crippen molar-refractivity contribution in [3.8, 4) is 0 Å². The van der Waals surface area contributed by atoms with Gasteiger partial charge in [0.1, 0.15) is 0 Å². The molecule has 0 aliphatic heterocycles. The minimum atomic E-state index is -0.0965. The summed E-state index contributed by atoms with van der Waals surface area (Å²) in [5.41, 5.74) is 1.44.